The first-order chi connectivity index (χ1) is 9.51. The van der Waals surface area contributed by atoms with Gasteiger partial charge in [0.25, 0.3) is 0 Å². The topological polar surface area (TPSA) is 72.6 Å². The zero-order valence-electron chi connectivity index (χ0n) is 11.7. The van der Waals surface area contributed by atoms with Crippen molar-refractivity contribution in [3.63, 3.8) is 0 Å². The van der Waals surface area contributed by atoms with Crippen LogP contribution in [-0.4, -0.2) is 30.0 Å². The molecule has 0 saturated carbocycles. The molecule has 5 nitrogen and oxygen atoms in total. The highest BCUT2D eigenvalue weighted by molar-refractivity contribution is 5.81. The second kappa shape index (κ2) is 5.94. The van der Waals surface area contributed by atoms with Gasteiger partial charge in [-0.2, -0.15) is 0 Å². The van der Waals surface area contributed by atoms with Crippen LogP contribution in [0.5, 0.6) is 0 Å². The molecular weight excluding hydrogens is 256 g/mol. The number of benzene rings is 1. The van der Waals surface area contributed by atoms with E-state index in [2.05, 4.69) is 0 Å². The van der Waals surface area contributed by atoms with Crippen LogP contribution in [0.25, 0.3) is 0 Å². The molecule has 1 aliphatic rings. The highest BCUT2D eigenvalue weighted by Gasteiger charge is 2.38. The molecule has 0 aromatic heterocycles. The van der Waals surface area contributed by atoms with Gasteiger partial charge in [0.1, 0.15) is 6.61 Å². The van der Waals surface area contributed by atoms with Crippen molar-refractivity contribution in [1.29, 1.82) is 0 Å². The molecular formula is C15H20N2O3. The lowest BCUT2D eigenvalue weighted by molar-refractivity contribution is -0.129. The Morgan fingerprint density at radius 2 is 2.05 bits per heavy atom. The van der Waals surface area contributed by atoms with E-state index >= 15 is 0 Å². The number of carbonyl (C=O) groups is 2. The summed E-state index contributed by atoms with van der Waals surface area (Å²) in [4.78, 5) is 25.1. The minimum atomic E-state index is -0.649. The van der Waals surface area contributed by atoms with Crippen LogP contribution in [0.3, 0.4) is 0 Å². The van der Waals surface area contributed by atoms with Crippen molar-refractivity contribution >= 4 is 12.0 Å². The van der Waals surface area contributed by atoms with Gasteiger partial charge in [-0.1, -0.05) is 30.3 Å². The van der Waals surface area contributed by atoms with E-state index in [-0.39, 0.29) is 18.6 Å². The zero-order chi connectivity index (χ0) is 14.6. The van der Waals surface area contributed by atoms with Crippen LogP contribution in [0.2, 0.25) is 0 Å². The summed E-state index contributed by atoms with van der Waals surface area (Å²) in [5, 5.41) is 0. The third kappa shape index (κ3) is 3.29. The number of carbonyl (C=O) groups excluding carboxylic acids is 2. The van der Waals surface area contributed by atoms with Gasteiger partial charge in [0.15, 0.2) is 0 Å². The maximum absolute atomic E-state index is 12.0. The maximum atomic E-state index is 12.0. The van der Waals surface area contributed by atoms with Crippen LogP contribution < -0.4 is 5.73 Å². The lowest BCUT2D eigenvalue weighted by Gasteiger charge is -2.37. The fourth-order valence-corrected chi connectivity index (χ4v) is 2.41. The first-order valence-corrected chi connectivity index (χ1v) is 6.77. The SMILES string of the molecule is C[C@@]1(C(N)=O)CCCN(C(=O)OCc2ccccc2)C1. The summed E-state index contributed by atoms with van der Waals surface area (Å²) in [5.74, 6) is -0.363. The van der Waals surface area contributed by atoms with E-state index < -0.39 is 5.41 Å². The average Bonchev–Trinajstić information content (AvgIpc) is 2.46. The summed E-state index contributed by atoms with van der Waals surface area (Å²) in [6, 6.07) is 9.50. The quantitative estimate of drug-likeness (QED) is 0.916. The number of hydrogen-bond donors (Lipinski definition) is 1. The number of likely N-dealkylation sites (tertiary alicyclic amines) is 1. The normalized spacial score (nSPS) is 22.4. The molecule has 1 atom stereocenters. The molecule has 0 bridgehead atoms. The Kier molecular flexibility index (Phi) is 4.27. The van der Waals surface area contributed by atoms with Gasteiger partial charge < -0.3 is 15.4 Å². The van der Waals surface area contributed by atoms with Crippen LogP contribution >= 0.6 is 0 Å². The number of primary amides is 1. The highest BCUT2D eigenvalue weighted by atomic mass is 16.6. The van der Waals surface area contributed by atoms with Gasteiger partial charge >= 0.3 is 6.09 Å². The number of piperidine rings is 1. The lowest BCUT2D eigenvalue weighted by Crippen LogP contribution is -2.50. The molecule has 1 saturated heterocycles. The minimum absolute atomic E-state index is 0.240. The lowest BCUT2D eigenvalue weighted by atomic mass is 9.81. The smallest absolute Gasteiger partial charge is 0.410 e. The third-order valence-electron chi connectivity index (χ3n) is 3.75. The summed E-state index contributed by atoms with van der Waals surface area (Å²) < 4.78 is 5.28. The van der Waals surface area contributed by atoms with Gasteiger partial charge in [0.05, 0.1) is 5.41 Å². The third-order valence-corrected chi connectivity index (χ3v) is 3.75. The van der Waals surface area contributed by atoms with Crippen molar-refractivity contribution in [2.24, 2.45) is 11.1 Å². The van der Waals surface area contributed by atoms with E-state index in [1.807, 2.05) is 30.3 Å². The summed E-state index contributed by atoms with van der Waals surface area (Å²) in [6.07, 6.45) is 1.09. The highest BCUT2D eigenvalue weighted by Crippen LogP contribution is 2.29. The summed E-state index contributed by atoms with van der Waals surface area (Å²) in [7, 11) is 0. The molecule has 0 spiro atoms. The van der Waals surface area contributed by atoms with Crippen LogP contribution in [0.4, 0.5) is 4.79 Å². The van der Waals surface area contributed by atoms with E-state index in [9.17, 15) is 9.59 Å². The van der Waals surface area contributed by atoms with Crippen molar-refractivity contribution in [2.45, 2.75) is 26.4 Å². The van der Waals surface area contributed by atoms with E-state index in [0.717, 1.165) is 12.0 Å². The molecule has 108 valence electrons. The Morgan fingerprint density at radius 3 is 2.70 bits per heavy atom. The van der Waals surface area contributed by atoms with E-state index in [0.29, 0.717) is 19.5 Å². The minimum Gasteiger partial charge on any atom is -0.445 e. The monoisotopic (exact) mass is 276 g/mol. The number of nitrogens with zero attached hydrogens (tertiary/aromatic N) is 1. The number of rotatable bonds is 3. The predicted octanol–water partition coefficient (Wildman–Crippen LogP) is 1.91. The van der Waals surface area contributed by atoms with Crippen LogP contribution in [0.15, 0.2) is 30.3 Å². The molecule has 0 radical (unpaired) electrons. The van der Waals surface area contributed by atoms with Crippen LogP contribution in [0, 0.1) is 5.41 Å². The number of amides is 2. The Labute approximate surface area is 118 Å². The molecule has 0 aliphatic carbocycles. The van der Waals surface area contributed by atoms with Gasteiger partial charge in [-0.05, 0) is 25.3 Å². The van der Waals surface area contributed by atoms with Gasteiger partial charge in [-0.3, -0.25) is 4.79 Å². The van der Waals surface area contributed by atoms with E-state index in [1.165, 1.54) is 0 Å². The summed E-state index contributed by atoms with van der Waals surface area (Å²) in [6.45, 7) is 2.97. The fraction of sp³-hybridized carbons (Fsp3) is 0.467. The molecule has 0 unspecified atom stereocenters. The Morgan fingerprint density at radius 1 is 1.35 bits per heavy atom. The maximum Gasteiger partial charge on any atom is 0.410 e. The first-order valence-electron chi connectivity index (χ1n) is 6.77. The molecule has 1 heterocycles. The van der Waals surface area contributed by atoms with E-state index in [4.69, 9.17) is 10.5 Å². The second-order valence-electron chi connectivity index (χ2n) is 5.49. The molecule has 5 heteroatoms. The van der Waals surface area contributed by atoms with Gasteiger partial charge in [-0.25, -0.2) is 4.79 Å². The van der Waals surface area contributed by atoms with Crippen molar-refractivity contribution in [3.05, 3.63) is 35.9 Å². The summed E-state index contributed by atoms with van der Waals surface area (Å²) in [5.41, 5.74) is 5.70. The molecule has 1 aliphatic heterocycles. The molecule has 2 rings (SSSR count). The molecule has 1 fully saturated rings. The fourth-order valence-electron chi connectivity index (χ4n) is 2.41. The van der Waals surface area contributed by atoms with Gasteiger partial charge in [0, 0.05) is 13.1 Å². The first kappa shape index (κ1) is 14.4. The molecule has 2 amide bonds. The van der Waals surface area contributed by atoms with Crippen molar-refractivity contribution < 1.29 is 14.3 Å². The Balaban J connectivity index is 1.91. The Hall–Kier alpha value is -2.04. The average molecular weight is 276 g/mol. The summed E-state index contributed by atoms with van der Waals surface area (Å²) >= 11 is 0. The molecule has 2 N–H and O–H groups in total. The van der Waals surface area contributed by atoms with Gasteiger partial charge in [0.2, 0.25) is 5.91 Å². The molecule has 20 heavy (non-hydrogen) atoms. The van der Waals surface area contributed by atoms with E-state index in [1.54, 1.807) is 11.8 Å². The van der Waals surface area contributed by atoms with Gasteiger partial charge in [-0.15, -0.1) is 0 Å². The van der Waals surface area contributed by atoms with Crippen molar-refractivity contribution in [3.8, 4) is 0 Å². The van der Waals surface area contributed by atoms with Crippen LogP contribution in [-0.2, 0) is 16.1 Å². The Bertz CT molecular complexity index is 489. The largest absolute Gasteiger partial charge is 0.445 e. The van der Waals surface area contributed by atoms with Crippen molar-refractivity contribution in [1.82, 2.24) is 4.90 Å². The standard InChI is InChI=1S/C15H20N2O3/c1-15(13(16)18)8-5-9-17(11-15)14(19)20-10-12-6-3-2-4-7-12/h2-4,6-7H,5,8-11H2,1H3,(H2,16,18)/t15-/m1/s1. The zero-order valence-corrected chi connectivity index (χ0v) is 11.7. The predicted molar refractivity (Wildman–Crippen MR) is 74.7 cm³/mol. The number of ether oxygens (including phenoxy) is 1. The second-order valence-corrected chi connectivity index (χ2v) is 5.49. The molecule has 1 aromatic carbocycles. The number of hydrogen-bond acceptors (Lipinski definition) is 3. The van der Waals surface area contributed by atoms with Crippen molar-refractivity contribution in [2.75, 3.05) is 13.1 Å². The number of nitrogens with two attached hydrogens (primary N) is 1. The van der Waals surface area contributed by atoms with Crippen LogP contribution in [0.1, 0.15) is 25.3 Å². The molecule has 1 aromatic rings.